The molecule has 4 nitrogen and oxygen atoms in total. The van der Waals surface area contributed by atoms with Gasteiger partial charge in [-0.1, -0.05) is 22.6 Å². The van der Waals surface area contributed by atoms with Gasteiger partial charge < -0.3 is 15.3 Å². The maximum absolute atomic E-state index is 10.2. The Bertz CT molecular complexity index is 341. The molecule has 1 saturated heterocycles. The van der Waals surface area contributed by atoms with Gasteiger partial charge in [0.25, 0.3) is 0 Å². The Balaban J connectivity index is 2.08. The number of nitrogens with one attached hydrogen (secondary N) is 1. The number of hydrogen-bond acceptors (Lipinski definition) is 4. The van der Waals surface area contributed by atoms with E-state index in [1.54, 1.807) is 0 Å². The normalized spacial score (nSPS) is 35.3. The average Bonchev–Trinajstić information content (AvgIpc) is 2.92. The first-order valence-corrected chi connectivity index (χ1v) is 7.48. The monoisotopic (exact) mass is 352 g/mol. The number of alkyl halides is 1. The molecule has 1 fully saturated rings. The number of hydroxylamine groups is 2. The van der Waals surface area contributed by atoms with E-state index >= 15 is 0 Å². The molecule has 0 spiro atoms. The molecular weight excluding hydrogens is 331 g/mol. The highest BCUT2D eigenvalue weighted by Gasteiger charge is 2.44. The third-order valence-corrected chi connectivity index (χ3v) is 4.20. The van der Waals surface area contributed by atoms with E-state index in [1.807, 2.05) is 27.7 Å². The van der Waals surface area contributed by atoms with Gasteiger partial charge in [0.15, 0.2) is 6.23 Å². The lowest BCUT2D eigenvalue weighted by molar-refractivity contribution is -0.214. The van der Waals surface area contributed by atoms with Gasteiger partial charge in [-0.2, -0.15) is 5.06 Å². The molecule has 0 aliphatic carbocycles. The summed E-state index contributed by atoms with van der Waals surface area (Å²) >= 11 is 2.33. The third kappa shape index (κ3) is 2.77. The molecule has 2 unspecified atom stereocenters. The van der Waals surface area contributed by atoms with Crippen LogP contribution in [0.2, 0.25) is 0 Å². The van der Waals surface area contributed by atoms with Crippen molar-refractivity contribution in [3.63, 3.8) is 0 Å². The summed E-state index contributed by atoms with van der Waals surface area (Å²) in [7, 11) is 0. The lowest BCUT2D eigenvalue weighted by Gasteiger charge is -2.47. The Morgan fingerprint density at radius 1 is 1.53 bits per heavy atom. The smallest absolute Gasteiger partial charge is 0.155 e. The molecule has 0 amide bonds. The number of hydrogen-bond donors (Lipinski definition) is 2. The van der Waals surface area contributed by atoms with Crippen LogP contribution in [0, 0.1) is 0 Å². The molecule has 5 heteroatoms. The Labute approximate surface area is 116 Å². The number of epoxide rings is 1. The standard InChI is InChI=1S/C12H21IN2O2/c1-11(2)5-8(6-12(3,4)15(11)16)14-10-9(7-13)17-10/h5,9-10,14,16H,6-7H2,1-4H3. The molecule has 0 aromatic heterocycles. The summed E-state index contributed by atoms with van der Waals surface area (Å²) in [5, 5.41) is 15.0. The Morgan fingerprint density at radius 2 is 2.18 bits per heavy atom. The first-order chi connectivity index (χ1) is 7.76. The van der Waals surface area contributed by atoms with Crippen molar-refractivity contribution in [1.29, 1.82) is 0 Å². The minimum absolute atomic E-state index is 0.162. The van der Waals surface area contributed by atoms with E-state index in [-0.39, 0.29) is 17.3 Å². The van der Waals surface area contributed by atoms with E-state index in [9.17, 15) is 5.21 Å². The molecular formula is C12H21IN2O2. The molecule has 0 radical (unpaired) electrons. The first kappa shape index (κ1) is 13.6. The highest BCUT2D eigenvalue weighted by Crippen LogP contribution is 2.35. The summed E-state index contributed by atoms with van der Waals surface area (Å²) in [6.07, 6.45) is 3.40. The largest absolute Gasteiger partial charge is 0.362 e. The van der Waals surface area contributed by atoms with Crippen LogP contribution in [0.25, 0.3) is 0 Å². The van der Waals surface area contributed by atoms with Gasteiger partial charge in [0.05, 0.1) is 5.54 Å². The molecule has 2 aliphatic heterocycles. The van der Waals surface area contributed by atoms with Gasteiger partial charge in [0.1, 0.15) is 6.10 Å². The summed E-state index contributed by atoms with van der Waals surface area (Å²) in [5.41, 5.74) is 0.566. The molecule has 98 valence electrons. The zero-order chi connectivity index (χ0) is 12.8. The van der Waals surface area contributed by atoms with Crippen LogP contribution in [0.5, 0.6) is 0 Å². The Hall–Kier alpha value is 0.150. The lowest BCUT2D eigenvalue weighted by Crippen LogP contribution is -2.56. The van der Waals surface area contributed by atoms with Crippen LogP contribution < -0.4 is 5.32 Å². The highest BCUT2D eigenvalue weighted by atomic mass is 127. The average molecular weight is 352 g/mol. The Kier molecular flexibility index (Phi) is 3.48. The fourth-order valence-corrected chi connectivity index (χ4v) is 3.19. The zero-order valence-corrected chi connectivity index (χ0v) is 13.0. The van der Waals surface area contributed by atoms with Gasteiger partial charge >= 0.3 is 0 Å². The molecule has 2 rings (SSSR count). The van der Waals surface area contributed by atoms with Crippen LogP contribution in [0.1, 0.15) is 34.1 Å². The van der Waals surface area contributed by atoms with Crippen LogP contribution >= 0.6 is 22.6 Å². The highest BCUT2D eigenvalue weighted by molar-refractivity contribution is 14.1. The van der Waals surface area contributed by atoms with Crippen molar-refractivity contribution in [2.75, 3.05) is 4.43 Å². The number of ether oxygens (including phenoxy) is 1. The minimum atomic E-state index is -0.348. The van der Waals surface area contributed by atoms with E-state index in [0.717, 1.165) is 10.8 Å². The van der Waals surface area contributed by atoms with Gasteiger partial charge in [-0.05, 0) is 33.8 Å². The van der Waals surface area contributed by atoms with Crippen molar-refractivity contribution in [3.05, 3.63) is 11.8 Å². The van der Waals surface area contributed by atoms with Crippen LogP contribution in [-0.4, -0.2) is 38.1 Å². The maximum Gasteiger partial charge on any atom is 0.155 e. The Morgan fingerprint density at radius 3 is 2.65 bits per heavy atom. The lowest BCUT2D eigenvalue weighted by atomic mass is 9.85. The molecule has 2 atom stereocenters. The molecule has 2 N–H and O–H groups in total. The van der Waals surface area contributed by atoms with Crippen molar-refractivity contribution in [2.45, 2.75) is 57.5 Å². The van der Waals surface area contributed by atoms with E-state index in [2.05, 4.69) is 34.0 Å². The van der Waals surface area contributed by atoms with Crippen molar-refractivity contribution in [3.8, 4) is 0 Å². The van der Waals surface area contributed by atoms with Crippen molar-refractivity contribution >= 4 is 22.6 Å². The molecule has 0 aromatic rings. The SMILES string of the molecule is CC1(C)C=C(NC2OC2CI)CC(C)(C)N1O. The van der Waals surface area contributed by atoms with Gasteiger partial charge in [0, 0.05) is 22.1 Å². The fraction of sp³-hybridized carbons (Fsp3) is 0.833. The molecule has 0 aromatic carbocycles. The van der Waals surface area contributed by atoms with Crippen LogP contribution in [0.15, 0.2) is 11.8 Å². The van der Waals surface area contributed by atoms with Crippen LogP contribution in [-0.2, 0) is 4.74 Å². The number of halogens is 1. The van der Waals surface area contributed by atoms with Crippen LogP contribution in [0.3, 0.4) is 0 Å². The second-order valence-electron chi connectivity index (χ2n) is 6.02. The van der Waals surface area contributed by atoms with Gasteiger partial charge in [-0.25, -0.2) is 0 Å². The summed E-state index contributed by atoms with van der Waals surface area (Å²) in [4.78, 5) is 0. The topological polar surface area (TPSA) is 48.0 Å². The van der Waals surface area contributed by atoms with Crippen molar-refractivity contribution < 1.29 is 9.94 Å². The quantitative estimate of drug-likeness (QED) is 0.465. The van der Waals surface area contributed by atoms with E-state index < -0.39 is 0 Å². The second kappa shape index (κ2) is 4.36. The molecule has 2 aliphatic rings. The number of rotatable bonds is 3. The van der Waals surface area contributed by atoms with Gasteiger partial charge in [-0.3, -0.25) is 0 Å². The van der Waals surface area contributed by atoms with Crippen molar-refractivity contribution in [1.82, 2.24) is 10.4 Å². The summed E-state index contributed by atoms with van der Waals surface area (Å²) in [5.74, 6) is 0. The van der Waals surface area contributed by atoms with Gasteiger partial charge in [0.2, 0.25) is 0 Å². The van der Waals surface area contributed by atoms with Gasteiger partial charge in [-0.15, -0.1) is 0 Å². The van der Waals surface area contributed by atoms with Crippen molar-refractivity contribution in [2.24, 2.45) is 0 Å². The van der Waals surface area contributed by atoms with E-state index in [4.69, 9.17) is 4.74 Å². The molecule has 0 bridgehead atoms. The third-order valence-electron chi connectivity index (χ3n) is 3.33. The van der Waals surface area contributed by atoms with Crippen LogP contribution in [0.4, 0.5) is 0 Å². The minimum Gasteiger partial charge on any atom is -0.362 e. The predicted octanol–water partition coefficient (Wildman–Crippen LogP) is 2.27. The predicted molar refractivity (Wildman–Crippen MR) is 75.2 cm³/mol. The van der Waals surface area contributed by atoms with E-state index in [0.29, 0.717) is 6.10 Å². The molecule has 2 heterocycles. The summed E-state index contributed by atoms with van der Waals surface area (Å²) in [6.45, 7) is 8.12. The summed E-state index contributed by atoms with van der Waals surface area (Å²) in [6, 6.07) is 0. The zero-order valence-electron chi connectivity index (χ0n) is 10.8. The fourth-order valence-electron chi connectivity index (χ4n) is 2.52. The molecule has 17 heavy (non-hydrogen) atoms. The second-order valence-corrected chi connectivity index (χ2v) is 6.90. The number of nitrogens with zero attached hydrogens (tertiary/aromatic N) is 1. The maximum atomic E-state index is 10.2. The molecule has 0 saturated carbocycles. The first-order valence-electron chi connectivity index (χ1n) is 5.95. The van der Waals surface area contributed by atoms with E-state index in [1.165, 1.54) is 10.8 Å². The summed E-state index contributed by atoms with van der Waals surface area (Å²) < 4.78 is 6.51.